The van der Waals surface area contributed by atoms with Crippen molar-refractivity contribution in [2.24, 2.45) is 11.1 Å². The van der Waals surface area contributed by atoms with Gasteiger partial charge in [0.05, 0.1) is 10.9 Å². The minimum Gasteiger partial charge on any atom is -0.349 e. The van der Waals surface area contributed by atoms with E-state index in [1.807, 2.05) is 30.3 Å². The van der Waals surface area contributed by atoms with Crippen molar-refractivity contribution >= 4 is 32.0 Å². The standard InChI is InChI=1S/C22H27N3O5S2/c1-17(19-7-9-21(10-8-19)32(23,29)30)24-22(26)20-11-14-25(15-12-20)31(27,28)16-13-18-5-3-2-4-6-18/h2-10,13,16-17,20H,11-12,14-15H2,1H3,(H,24,26)(H2,23,29,30). The molecule has 0 bridgehead atoms. The highest BCUT2D eigenvalue weighted by atomic mass is 32.2. The van der Waals surface area contributed by atoms with Crippen LogP contribution < -0.4 is 10.5 Å². The lowest BCUT2D eigenvalue weighted by atomic mass is 9.96. The molecule has 0 aliphatic carbocycles. The predicted molar refractivity (Wildman–Crippen MR) is 123 cm³/mol. The van der Waals surface area contributed by atoms with Gasteiger partial charge < -0.3 is 5.32 Å². The van der Waals surface area contributed by atoms with Gasteiger partial charge in [-0.15, -0.1) is 0 Å². The first-order valence-electron chi connectivity index (χ1n) is 10.2. The van der Waals surface area contributed by atoms with Crippen molar-refractivity contribution in [3.63, 3.8) is 0 Å². The van der Waals surface area contributed by atoms with E-state index in [2.05, 4.69) is 5.32 Å². The zero-order valence-corrected chi connectivity index (χ0v) is 19.3. The quantitative estimate of drug-likeness (QED) is 0.632. The van der Waals surface area contributed by atoms with Crippen LogP contribution in [-0.4, -0.2) is 40.1 Å². The topological polar surface area (TPSA) is 127 Å². The predicted octanol–water partition coefficient (Wildman–Crippen LogP) is 2.22. The second-order valence-electron chi connectivity index (χ2n) is 7.78. The zero-order chi connectivity index (χ0) is 23.4. The lowest BCUT2D eigenvalue weighted by Gasteiger charge is -2.30. The zero-order valence-electron chi connectivity index (χ0n) is 17.7. The van der Waals surface area contributed by atoms with Crippen molar-refractivity contribution < 1.29 is 21.6 Å². The number of sulfonamides is 2. The molecule has 1 unspecified atom stereocenters. The van der Waals surface area contributed by atoms with Gasteiger partial charge in [-0.05, 0) is 49.1 Å². The monoisotopic (exact) mass is 477 g/mol. The van der Waals surface area contributed by atoms with Crippen LogP contribution in [0.1, 0.15) is 36.9 Å². The Kier molecular flexibility index (Phi) is 7.50. The smallest absolute Gasteiger partial charge is 0.238 e. The molecule has 1 aliphatic rings. The van der Waals surface area contributed by atoms with Crippen LogP contribution in [0.15, 0.2) is 64.9 Å². The summed E-state index contributed by atoms with van der Waals surface area (Å²) in [7, 11) is -7.32. The van der Waals surface area contributed by atoms with Crippen LogP contribution >= 0.6 is 0 Å². The highest BCUT2D eigenvalue weighted by Crippen LogP contribution is 2.23. The molecule has 10 heteroatoms. The van der Waals surface area contributed by atoms with Gasteiger partial charge in [-0.1, -0.05) is 42.5 Å². The van der Waals surface area contributed by atoms with Gasteiger partial charge >= 0.3 is 0 Å². The molecular weight excluding hydrogens is 450 g/mol. The SMILES string of the molecule is CC(NC(=O)C1CCN(S(=O)(=O)C=Cc2ccccc2)CC1)c1ccc(S(N)(=O)=O)cc1. The Labute approximate surface area is 189 Å². The fourth-order valence-electron chi connectivity index (χ4n) is 3.55. The van der Waals surface area contributed by atoms with Crippen molar-refractivity contribution in [2.45, 2.75) is 30.7 Å². The largest absolute Gasteiger partial charge is 0.349 e. The number of nitrogens with one attached hydrogen (secondary N) is 1. The number of benzene rings is 2. The van der Waals surface area contributed by atoms with Crippen LogP contribution in [0.5, 0.6) is 0 Å². The molecular formula is C22H27N3O5S2. The van der Waals surface area contributed by atoms with Gasteiger partial charge in [0.25, 0.3) is 0 Å². The Hall–Kier alpha value is -2.53. The van der Waals surface area contributed by atoms with Crippen LogP contribution in [0.25, 0.3) is 6.08 Å². The maximum absolute atomic E-state index is 12.7. The summed E-state index contributed by atoms with van der Waals surface area (Å²) in [5.74, 6) is -0.435. The molecule has 1 atom stereocenters. The summed E-state index contributed by atoms with van der Waals surface area (Å²) in [5.41, 5.74) is 1.55. The number of piperidine rings is 1. The molecule has 1 amide bonds. The van der Waals surface area contributed by atoms with Gasteiger partial charge in [0.2, 0.25) is 26.0 Å². The summed E-state index contributed by atoms with van der Waals surface area (Å²) >= 11 is 0. The van der Waals surface area contributed by atoms with E-state index in [9.17, 15) is 21.6 Å². The van der Waals surface area contributed by atoms with Crippen LogP contribution in [0.2, 0.25) is 0 Å². The van der Waals surface area contributed by atoms with E-state index in [1.54, 1.807) is 25.1 Å². The number of carbonyl (C=O) groups is 1. The molecule has 172 valence electrons. The molecule has 1 fully saturated rings. The molecule has 0 saturated carbocycles. The summed E-state index contributed by atoms with van der Waals surface area (Å²) in [6, 6.07) is 14.9. The fraction of sp³-hybridized carbons (Fsp3) is 0.318. The van der Waals surface area contributed by atoms with Crippen LogP contribution in [0, 0.1) is 5.92 Å². The van der Waals surface area contributed by atoms with E-state index < -0.39 is 20.0 Å². The molecule has 0 spiro atoms. The molecule has 8 nitrogen and oxygen atoms in total. The van der Waals surface area contributed by atoms with Gasteiger partial charge in [-0.25, -0.2) is 22.0 Å². The van der Waals surface area contributed by atoms with E-state index in [4.69, 9.17) is 5.14 Å². The molecule has 1 saturated heterocycles. The Morgan fingerprint density at radius 3 is 2.19 bits per heavy atom. The molecule has 0 aromatic heterocycles. The first-order chi connectivity index (χ1) is 15.1. The number of rotatable bonds is 7. The van der Waals surface area contributed by atoms with Crippen molar-refractivity contribution in [1.29, 1.82) is 0 Å². The van der Waals surface area contributed by atoms with Crippen LogP contribution in [0.4, 0.5) is 0 Å². The number of primary sulfonamides is 1. The van der Waals surface area contributed by atoms with Crippen molar-refractivity contribution in [3.05, 3.63) is 71.1 Å². The second-order valence-corrected chi connectivity index (χ2v) is 11.2. The Morgan fingerprint density at radius 2 is 1.62 bits per heavy atom. The van der Waals surface area contributed by atoms with E-state index in [1.165, 1.54) is 21.8 Å². The van der Waals surface area contributed by atoms with Crippen LogP contribution in [-0.2, 0) is 24.8 Å². The van der Waals surface area contributed by atoms with Gasteiger partial charge in [0.1, 0.15) is 0 Å². The fourth-order valence-corrected chi connectivity index (χ4v) is 5.28. The molecule has 32 heavy (non-hydrogen) atoms. The maximum Gasteiger partial charge on any atom is 0.238 e. The molecule has 3 N–H and O–H groups in total. The summed E-state index contributed by atoms with van der Waals surface area (Å²) in [5, 5.41) is 9.23. The van der Waals surface area contributed by atoms with E-state index in [-0.39, 0.29) is 35.9 Å². The van der Waals surface area contributed by atoms with Gasteiger partial charge in [0, 0.05) is 24.4 Å². The van der Waals surface area contributed by atoms with Crippen molar-refractivity contribution in [3.8, 4) is 0 Å². The van der Waals surface area contributed by atoms with Gasteiger partial charge in [-0.3, -0.25) is 4.79 Å². The van der Waals surface area contributed by atoms with E-state index in [0.29, 0.717) is 12.8 Å². The summed E-state index contributed by atoms with van der Waals surface area (Å²) in [6.07, 6.45) is 2.43. The third-order valence-corrected chi connectivity index (χ3v) is 7.98. The first-order valence-corrected chi connectivity index (χ1v) is 13.3. The van der Waals surface area contributed by atoms with Crippen molar-refractivity contribution in [2.75, 3.05) is 13.1 Å². The first kappa shape index (κ1) is 24.1. The highest BCUT2D eigenvalue weighted by molar-refractivity contribution is 7.92. The second kappa shape index (κ2) is 9.95. The maximum atomic E-state index is 12.7. The summed E-state index contributed by atoms with van der Waals surface area (Å²) in [4.78, 5) is 12.7. The van der Waals surface area contributed by atoms with Gasteiger partial charge in [-0.2, -0.15) is 4.31 Å². The number of hydrogen-bond acceptors (Lipinski definition) is 5. The third kappa shape index (κ3) is 6.26. The summed E-state index contributed by atoms with van der Waals surface area (Å²) < 4.78 is 49.3. The average Bonchev–Trinajstić information content (AvgIpc) is 2.78. The highest BCUT2D eigenvalue weighted by Gasteiger charge is 2.30. The molecule has 1 heterocycles. The number of nitrogens with two attached hydrogens (primary N) is 1. The molecule has 0 radical (unpaired) electrons. The number of hydrogen-bond donors (Lipinski definition) is 2. The van der Waals surface area contributed by atoms with Crippen LogP contribution in [0.3, 0.4) is 0 Å². The van der Waals surface area contributed by atoms with E-state index >= 15 is 0 Å². The number of nitrogens with zero attached hydrogens (tertiary/aromatic N) is 1. The lowest BCUT2D eigenvalue weighted by molar-refractivity contribution is -0.126. The number of amides is 1. The Balaban J connectivity index is 1.54. The molecule has 3 rings (SSSR count). The van der Waals surface area contributed by atoms with E-state index in [0.717, 1.165) is 11.1 Å². The normalized spacial score (nSPS) is 17.3. The summed E-state index contributed by atoms with van der Waals surface area (Å²) in [6.45, 7) is 2.35. The molecule has 1 aliphatic heterocycles. The average molecular weight is 478 g/mol. The Bertz CT molecular complexity index is 1170. The minimum atomic E-state index is -3.77. The lowest BCUT2D eigenvalue weighted by Crippen LogP contribution is -2.42. The van der Waals surface area contributed by atoms with Crippen molar-refractivity contribution in [1.82, 2.24) is 9.62 Å². The number of carbonyl (C=O) groups excluding carboxylic acids is 1. The molecule has 2 aromatic carbocycles. The third-order valence-electron chi connectivity index (χ3n) is 5.48. The molecule has 2 aromatic rings. The van der Waals surface area contributed by atoms with Gasteiger partial charge in [0.15, 0.2) is 0 Å². The minimum absolute atomic E-state index is 0.00896. The Morgan fingerprint density at radius 1 is 1.03 bits per heavy atom.